The van der Waals surface area contributed by atoms with Crippen LogP contribution in [0.1, 0.15) is 16.7 Å². The molecule has 6 nitrogen and oxygen atoms in total. The zero-order valence-electron chi connectivity index (χ0n) is 13.6. The van der Waals surface area contributed by atoms with Gasteiger partial charge in [-0.1, -0.05) is 48.0 Å². The monoisotopic (exact) mass is 335 g/mol. The van der Waals surface area contributed by atoms with Crippen LogP contribution in [0.3, 0.4) is 0 Å². The Kier molecular flexibility index (Phi) is 4.61. The summed E-state index contributed by atoms with van der Waals surface area (Å²) in [5.41, 5.74) is 1.16. The first-order chi connectivity index (χ1) is 12.0. The molecule has 0 spiro atoms. The molecule has 0 atom stereocenters. The van der Waals surface area contributed by atoms with Gasteiger partial charge in [0.25, 0.3) is 5.56 Å². The van der Waals surface area contributed by atoms with Crippen LogP contribution in [0.2, 0.25) is 0 Å². The molecule has 2 N–H and O–H groups in total. The highest BCUT2D eigenvalue weighted by molar-refractivity contribution is 5.84. The highest BCUT2D eigenvalue weighted by Crippen LogP contribution is 2.15. The van der Waals surface area contributed by atoms with Gasteiger partial charge in [-0.3, -0.25) is 19.3 Å². The van der Waals surface area contributed by atoms with Crippen molar-refractivity contribution >= 4 is 11.9 Å². The largest absolute Gasteiger partial charge is 0.494 e. The average Bonchev–Trinajstić information content (AvgIpc) is 2.61. The molecule has 126 valence electrons. The summed E-state index contributed by atoms with van der Waals surface area (Å²) in [6, 6.07) is 16.6. The Morgan fingerprint density at radius 2 is 1.76 bits per heavy atom. The molecule has 0 saturated heterocycles. The SMILES string of the molecule is Cc1ccc(N=Cc2c(O)n(Cc3ccccc3)c(=O)[nH]c2=O)cc1. The van der Waals surface area contributed by atoms with E-state index in [9.17, 15) is 14.7 Å². The van der Waals surface area contributed by atoms with E-state index in [0.29, 0.717) is 5.69 Å². The van der Waals surface area contributed by atoms with Crippen LogP contribution in [0.25, 0.3) is 0 Å². The number of hydrogen-bond donors (Lipinski definition) is 2. The van der Waals surface area contributed by atoms with E-state index in [1.165, 1.54) is 6.21 Å². The number of aryl methyl sites for hydroxylation is 1. The second kappa shape index (κ2) is 7.00. The van der Waals surface area contributed by atoms with Gasteiger partial charge in [0.2, 0.25) is 5.88 Å². The highest BCUT2D eigenvalue weighted by Gasteiger charge is 2.12. The number of aromatic nitrogens is 2. The molecule has 0 aliphatic rings. The van der Waals surface area contributed by atoms with Crippen molar-refractivity contribution in [3.63, 3.8) is 0 Å². The number of hydrogen-bond acceptors (Lipinski definition) is 4. The van der Waals surface area contributed by atoms with Crippen LogP contribution in [0, 0.1) is 6.92 Å². The smallest absolute Gasteiger partial charge is 0.331 e. The van der Waals surface area contributed by atoms with Crippen LogP contribution in [-0.2, 0) is 6.54 Å². The second-order valence-electron chi connectivity index (χ2n) is 5.66. The molecule has 3 aromatic rings. The van der Waals surface area contributed by atoms with Crippen molar-refractivity contribution in [3.8, 4) is 5.88 Å². The molecule has 0 fully saturated rings. The van der Waals surface area contributed by atoms with Gasteiger partial charge >= 0.3 is 5.69 Å². The quantitative estimate of drug-likeness (QED) is 0.718. The topological polar surface area (TPSA) is 87.4 Å². The molecule has 0 aliphatic heterocycles. The summed E-state index contributed by atoms with van der Waals surface area (Å²) >= 11 is 0. The predicted molar refractivity (Wildman–Crippen MR) is 97.0 cm³/mol. The number of aromatic amines is 1. The maximum absolute atomic E-state index is 12.0. The van der Waals surface area contributed by atoms with E-state index in [0.717, 1.165) is 15.7 Å². The summed E-state index contributed by atoms with van der Waals surface area (Å²) in [4.78, 5) is 30.5. The fraction of sp³-hybridized carbons (Fsp3) is 0.105. The summed E-state index contributed by atoms with van der Waals surface area (Å²) < 4.78 is 1.10. The Balaban J connectivity index is 1.99. The minimum absolute atomic E-state index is 0.0592. The molecule has 0 bridgehead atoms. The molecule has 0 unspecified atom stereocenters. The molecule has 0 amide bonds. The lowest BCUT2D eigenvalue weighted by atomic mass is 10.2. The van der Waals surface area contributed by atoms with E-state index in [1.807, 2.05) is 49.4 Å². The lowest BCUT2D eigenvalue weighted by Gasteiger charge is -2.09. The summed E-state index contributed by atoms with van der Waals surface area (Å²) in [6.07, 6.45) is 1.26. The predicted octanol–water partition coefficient (Wildman–Crippen LogP) is 2.35. The fourth-order valence-electron chi connectivity index (χ4n) is 2.37. The van der Waals surface area contributed by atoms with Gasteiger partial charge in [0.05, 0.1) is 12.2 Å². The standard InChI is InChI=1S/C19H17N3O3/c1-13-7-9-15(10-8-13)20-11-16-17(23)21-19(25)22(18(16)24)12-14-5-3-2-4-6-14/h2-11,24H,12H2,1H3,(H,21,23,25). The molecule has 1 aromatic heterocycles. The van der Waals surface area contributed by atoms with E-state index < -0.39 is 17.1 Å². The molecular formula is C19H17N3O3. The lowest BCUT2D eigenvalue weighted by Crippen LogP contribution is -2.32. The van der Waals surface area contributed by atoms with Gasteiger partial charge in [-0.2, -0.15) is 0 Å². The van der Waals surface area contributed by atoms with E-state index in [1.54, 1.807) is 12.1 Å². The molecule has 0 aliphatic carbocycles. The summed E-state index contributed by atoms with van der Waals surface area (Å²) in [5, 5.41) is 10.4. The fourth-order valence-corrected chi connectivity index (χ4v) is 2.37. The normalized spacial score (nSPS) is 11.1. The van der Waals surface area contributed by atoms with Crippen LogP contribution < -0.4 is 11.2 Å². The second-order valence-corrected chi connectivity index (χ2v) is 5.66. The number of H-pyrrole nitrogens is 1. The van der Waals surface area contributed by atoms with Crippen molar-refractivity contribution in [2.24, 2.45) is 4.99 Å². The maximum Gasteiger partial charge on any atom is 0.331 e. The van der Waals surface area contributed by atoms with Crippen LogP contribution in [0.15, 0.2) is 69.2 Å². The number of aromatic hydroxyl groups is 1. The Labute approximate surface area is 143 Å². The third-order valence-electron chi connectivity index (χ3n) is 3.77. The van der Waals surface area contributed by atoms with Gasteiger partial charge in [0.1, 0.15) is 5.56 Å². The first-order valence-electron chi connectivity index (χ1n) is 7.75. The van der Waals surface area contributed by atoms with E-state index in [-0.39, 0.29) is 12.1 Å². The van der Waals surface area contributed by atoms with Crippen LogP contribution in [0.5, 0.6) is 5.88 Å². The van der Waals surface area contributed by atoms with Crippen molar-refractivity contribution < 1.29 is 5.11 Å². The summed E-state index contributed by atoms with van der Waals surface area (Å²) in [7, 11) is 0. The number of aliphatic imine (C=N–C) groups is 1. The van der Waals surface area contributed by atoms with Crippen LogP contribution in [-0.4, -0.2) is 20.9 Å². The molecule has 2 aromatic carbocycles. The van der Waals surface area contributed by atoms with Crippen molar-refractivity contribution in [3.05, 3.63) is 92.1 Å². The van der Waals surface area contributed by atoms with E-state index in [2.05, 4.69) is 9.98 Å². The molecule has 25 heavy (non-hydrogen) atoms. The molecule has 6 heteroatoms. The number of nitrogens with zero attached hydrogens (tertiary/aromatic N) is 2. The van der Waals surface area contributed by atoms with Gasteiger partial charge in [-0.05, 0) is 24.6 Å². The van der Waals surface area contributed by atoms with E-state index in [4.69, 9.17) is 0 Å². The third kappa shape index (κ3) is 3.74. The minimum Gasteiger partial charge on any atom is -0.494 e. The molecule has 3 rings (SSSR count). The minimum atomic E-state index is -0.678. The molecule has 1 heterocycles. The Morgan fingerprint density at radius 3 is 2.44 bits per heavy atom. The summed E-state index contributed by atoms with van der Waals surface area (Å²) in [5.74, 6) is -0.409. The zero-order valence-corrected chi connectivity index (χ0v) is 13.6. The van der Waals surface area contributed by atoms with Gasteiger partial charge in [-0.15, -0.1) is 0 Å². The van der Waals surface area contributed by atoms with Gasteiger partial charge in [0.15, 0.2) is 0 Å². The van der Waals surface area contributed by atoms with Crippen LogP contribution >= 0.6 is 0 Å². The maximum atomic E-state index is 12.0. The van der Waals surface area contributed by atoms with Crippen molar-refractivity contribution in [1.29, 1.82) is 0 Å². The number of rotatable bonds is 4. The Bertz CT molecular complexity index is 1020. The van der Waals surface area contributed by atoms with Crippen molar-refractivity contribution in [2.75, 3.05) is 0 Å². The number of benzene rings is 2. The van der Waals surface area contributed by atoms with Crippen LogP contribution in [0.4, 0.5) is 5.69 Å². The average molecular weight is 335 g/mol. The van der Waals surface area contributed by atoms with Crippen molar-refractivity contribution in [1.82, 2.24) is 9.55 Å². The van der Waals surface area contributed by atoms with Crippen molar-refractivity contribution in [2.45, 2.75) is 13.5 Å². The van der Waals surface area contributed by atoms with E-state index >= 15 is 0 Å². The highest BCUT2D eigenvalue weighted by atomic mass is 16.3. The molecule has 0 saturated carbocycles. The Hall–Kier alpha value is -3.41. The van der Waals surface area contributed by atoms with Gasteiger partial charge < -0.3 is 5.11 Å². The first-order valence-corrected chi connectivity index (χ1v) is 7.75. The third-order valence-corrected chi connectivity index (χ3v) is 3.77. The zero-order chi connectivity index (χ0) is 17.8. The molecular weight excluding hydrogens is 318 g/mol. The van der Waals surface area contributed by atoms with Gasteiger partial charge in [0, 0.05) is 6.21 Å². The summed E-state index contributed by atoms with van der Waals surface area (Å²) in [6.45, 7) is 2.11. The molecule has 0 radical (unpaired) electrons. The number of nitrogens with one attached hydrogen (secondary N) is 1. The Morgan fingerprint density at radius 1 is 1.08 bits per heavy atom. The lowest BCUT2D eigenvalue weighted by molar-refractivity contribution is 0.408. The first kappa shape index (κ1) is 16.4. The van der Waals surface area contributed by atoms with Gasteiger partial charge in [-0.25, -0.2) is 4.79 Å².